The van der Waals surface area contributed by atoms with Crippen LogP contribution < -0.4 is 11.5 Å². The first-order valence-electron chi connectivity index (χ1n) is 6.66. The molecular weight excluding hydrogens is 308 g/mol. The molecule has 22 heavy (non-hydrogen) atoms. The molecule has 0 heterocycles. The van der Waals surface area contributed by atoms with Gasteiger partial charge >= 0.3 is 0 Å². The second-order valence-corrected chi connectivity index (χ2v) is 6.42. The summed E-state index contributed by atoms with van der Waals surface area (Å²) in [5.41, 5.74) is 13.0. The van der Waals surface area contributed by atoms with E-state index in [1.54, 1.807) is 23.5 Å². The smallest absolute Gasteiger partial charge is 0.0604 e. The number of rotatable bonds is 4. The fourth-order valence-corrected chi connectivity index (χ4v) is 3.02. The largest absolute Gasteiger partial charge is 0.399 e. The Hall–Kier alpha value is -2.14. The molecule has 2 aromatic carbocycles. The zero-order valence-electron chi connectivity index (χ0n) is 12.0. The Kier molecular flexibility index (Phi) is 6.64. The SMILES string of the molecule is Nc1cccc(SCC#CC#CCSc2cccc(N)c2)c1. The van der Waals surface area contributed by atoms with Gasteiger partial charge in [-0.1, -0.05) is 24.0 Å². The zero-order chi connectivity index (χ0) is 15.6. The molecule has 0 saturated carbocycles. The van der Waals surface area contributed by atoms with Gasteiger partial charge in [-0.05, 0) is 48.2 Å². The van der Waals surface area contributed by atoms with E-state index in [-0.39, 0.29) is 0 Å². The molecule has 0 fully saturated rings. The second kappa shape index (κ2) is 9.00. The number of hydrogen-bond acceptors (Lipinski definition) is 4. The van der Waals surface area contributed by atoms with Gasteiger partial charge in [-0.2, -0.15) is 0 Å². The Morgan fingerprint density at radius 3 is 1.59 bits per heavy atom. The van der Waals surface area contributed by atoms with Crippen LogP contribution in [0.25, 0.3) is 0 Å². The molecule has 0 aliphatic carbocycles. The molecule has 0 saturated heterocycles. The Bertz CT molecular complexity index is 683. The quantitative estimate of drug-likeness (QED) is 0.511. The first-order valence-corrected chi connectivity index (χ1v) is 8.63. The number of hydrogen-bond donors (Lipinski definition) is 2. The van der Waals surface area contributed by atoms with Crippen molar-refractivity contribution in [3.8, 4) is 23.7 Å². The van der Waals surface area contributed by atoms with Gasteiger partial charge in [-0.25, -0.2) is 0 Å². The highest BCUT2D eigenvalue weighted by Crippen LogP contribution is 2.20. The Balaban J connectivity index is 1.71. The zero-order valence-corrected chi connectivity index (χ0v) is 13.6. The highest BCUT2D eigenvalue weighted by atomic mass is 32.2. The van der Waals surface area contributed by atoms with Crippen LogP contribution in [0.1, 0.15) is 0 Å². The van der Waals surface area contributed by atoms with Crippen molar-refractivity contribution in [1.82, 2.24) is 0 Å². The fraction of sp³-hybridized carbons (Fsp3) is 0.111. The number of benzene rings is 2. The number of nitrogens with two attached hydrogens (primary N) is 2. The van der Waals surface area contributed by atoms with Crippen LogP contribution in [0.5, 0.6) is 0 Å². The van der Waals surface area contributed by atoms with Crippen LogP contribution in [0.4, 0.5) is 11.4 Å². The van der Waals surface area contributed by atoms with E-state index in [9.17, 15) is 0 Å². The summed E-state index contributed by atoms with van der Waals surface area (Å²) in [6.45, 7) is 0. The van der Waals surface area contributed by atoms with Crippen molar-refractivity contribution in [1.29, 1.82) is 0 Å². The van der Waals surface area contributed by atoms with Gasteiger partial charge in [0.1, 0.15) is 0 Å². The molecule has 2 aromatic rings. The summed E-state index contributed by atoms with van der Waals surface area (Å²) in [6.07, 6.45) is 0. The van der Waals surface area contributed by atoms with Gasteiger partial charge in [0, 0.05) is 21.2 Å². The van der Waals surface area contributed by atoms with Crippen molar-refractivity contribution in [2.24, 2.45) is 0 Å². The van der Waals surface area contributed by atoms with Crippen molar-refractivity contribution in [3.05, 3.63) is 48.5 Å². The molecule has 0 unspecified atom stereocenters. The number of thioether (sulfide) groups is 2. The Morgan fingerprint density at radius 2 is 1.18 bits per heavy atom. The first-order chi connectivity index (χ1) is 10.7. The van der Waals surface area contributed by atoms with Crippen molar-refractivity contribution < 1.29 is 0 Å². The highest BCUT2D eigenvalue weighted by Gasteiger charge is 1.92. The van der Waals surface area contributed by atoms with Gasteiger partial charge in [0.05, 0.1) is 11.5 Å². The van der Waals surface area contributed by atoms with E-state index in [0.29, 0.717) is 11.5 Å². The molecule has 0 amide bonds. The molecule has 0 aliphatic heterocycles. The molecule has 0 radical (unpaired) electrons. The maximum atomic E-state index is 5.72. The summed E-state index contributed by atoms with van der Waals surface area (Å²) in [5, 5.41) is 0. The summed E-state index contributed by atoms with van der Waals surface area (Å²) in [7, 11) is 0. The lowest BCUT2D eigenvalue weighted by atomic mass is 10.3. The molecule has 4 heteroatoms. The summed E-state index contributed by atoms with van der Waals surface area (Å²) in [5.74, 6) is 13.2. The maximum Gasteiger partial charge on any atom is 0.0604 e. The van der Waals surface area contributed by atoms with Gasteiger partial charge in [0.25, 0.3) is 0 Å². The molecule has 0 atom stereocenters. The summed E-state index contributed by atoms with van der Waals surface area (Å²) in [4.78, 5) is 2.25. The summed E-state index contributed by atoms with van der Waals surface area (Å²) >= 11 is 3.31. The average Bonchev–Trinajstić information content (AvgIpc) is 2.50. The van der Waals surface area contributed by atoms with E-state index < -0.39 is 0 Å². The standard InChI is InChI=1S/C18H16N2S2/c19-15-7-5-9-17(13-15)21-11-3-1-2-4-12-22-18-10-6-8-16(20)14-18/h5-10,13-14H,11-12,19-20H2. The van der Waals surface area contributed by atoms with Gasteiger partial charge < -0.3 is 11.5 Å². The highest BCUT2D eigenvalue weighted by molar-refractivity contribution is 7.99. The molecule has 2 rings (SSSR count). The third-order valence-corrected chi connectivity index (χ3v) is 4.33. The third kappa shape index (κ3) is 6.10. The van der Waals surface area contributed by atoms with Crippen LogP contribution in [-0.4, -0.2) is 11.5 Å². The molecule has 4 N–H and O–H groups in total. The molecule has 2 nitrogen and oxygen atoms in total. The lowest BCUT2D eigenvalue weighted by Gasteiger charge is -1.97. The van der Waals surface area contributed by atoms with Gasteiger partial charge in [0.2, 0.25) is 0 Å². The summed E-state index contributed by atoms with van der Waals surface area (Å²) in [6, 6.07) is 15.6. The van der Waals surface area contributed by atoms with Crippen LogP contribution in [0.2, 0.25) is 0 Å². The molecule has 0 aromatic heterocycles. The van der Waals surface area contributed by atoms with E-state index in [1.165, 1.54) is 0 Å². The maximum absolute atomic E-state index is 5.72. The lowest BCUT2D eigenvalue weighted by Crippen LogP contribution is -1.84. The fourth-order valence-electron chi connectivity index (χ4n) is 1.61. The van der Waals surface area contributed by atoms with Crippen LogP contribution in [-0.2, 0) is 0 Å². The van der Waals surface area contributed by atoms with Crippen LogP contribution in [0.3, 0.4) is 0 Å². The molecule has 0 bridgehead atoms. The molecule has 110 valence electrons. The van der Waals surface area contributed by atoms with E-state index in [0.717, 1.165) is 21.2 Å². The predicted octanol–water partition coefficient (Wildman–Crippen LogP) is 3.74. The van der Waals surface area contributed by atoms with Crippen molar-refractivity contribution in [2.75, 3.05) is 23.0 Å². The number of nitrogen functional groups attached to an aromatic ring is 2. The van der Waals surface area contributed by atoms with Crippen LogP contribution >= 0.6 is 23.5 Å². The van der Waals surface area contributed by atoms with E-state index in [4.69, 9.17) is 11.5 Å². The second-order valence-electron chi connectivity index (χ2n) is 4.33. The Labute approximate surface area is 140 Å². The van der Waals surface area contributed by atoms with Gasteiger partial charge in [-0.15, -0.1) is 23.5 Å². The average molecular weight is 324 g/mol. The van der Waals surface area contributed by atoms with Crippen LogP contribution in [0.15, 0.2) is 58.3 Å². The monoisotopic (exact) mass is 324 g/mol. The van der Waals surface area contributed by atoms with Gasteiger partial charge in [-0.3, -0.25) is 0 Å². The summed E-state index contributed by atoms with van der Waals surface area (Å²) < 4.78 is 0. The minimum absolute atomic E-state index is 0.709. The van der Waals surface area contributed by atoms with E-state index >= 15 is 0 Å². The minimum atomic E-state index is 0.709. The van der Waals surface area contributed by atoms with Crippen molar-refractivity contribution in [2.45, 2.75) is 9.79 Å². The van der Waals surface area contributed by atoms with Gasteiger partial charge in [0.15, 0.2) is 0 Å². The predicted molar refractivity (Wildman–Crippen MR) is 98.7 cm³/mol. The molecular formula is C18H16N2S2. The third-order valence-electron chi connectivity index (χ3n) is 2.58. The minimum Gasteiger partial charge on any atom is -0.399 e. The lowest BCUT2D eigenvalue weighted by molar-refractivity contribution is 1.46. The van der Waals surface area contributed by atoms with Crippen molar-refractivity contribution in [3.63, 3.8) is 0 Å². The van der Waals surface area contributed by atoms with Crippen LogP contribution in [0, 0.1) is 23.7 Å². The van der Waals surface area contributed by atoms with E-state index in [1.807, 2.05) is 48.5 Å². The molecule has 0 spiro atoms. The normalized spacial score (nSPS) is 9.27. The van der Waals surface area contributed by atoms with Crippen molar-refractivity contribution >= 4 is 34.9 Å². The first kappa shape index (κ1) is 16.2. The number of anilines is 2. The topological polar surface area (TPSA) is 52.0 Å². The van der Waals surface area contributed by atoms with E-state index in [2.05, 4.69) is 23.7 Å². The Morgan fingerprint density at radius 1 is 0.727 bits per heavy atom. The molecule has 0 aliphatic rings.